The maximum Gasteiger partial charge on any atom is 0.148 e. The number of likely N-dealkylation sites (tertiary alicyclic amines) is 1. The Labute approximate surface area is 224 Å². The third-order valence-corrected chi connectivity index (χ3v) is 8.64. The number of anilines is 1. The Hall–Kier alpha value is -3.39. The summed E-state index contributed by atoms with van der Waals surface area (Å²) < 4.78 is 0. The Balaban J connectivity index is 1.36. The van der Waals surface area contributed by atoms with Crippen molar-refractivity contribution >= 4 is 17.6 Å². The van der Waals surface area contributed by atoms with Gasteiger partial charge in [0.25, 0.3) is 0 Å². The number of benzene rings is 1. The zero-order valence-electron chi connectivity index (χ0n) is 21.4. The van der Waals surface area contributed by atoms with Gasteiger partial charge < -0.3 is 9.80 Å². The van der Waals surface area contributed by atoms with Gasteiger partial charge in [0.2, 0.25) is 0 Å². The highest BCUT2D eigenvalue weighted by molar-refractivity contribution is 7.98. The van der Waals surface area contributed by atoms with Crippen molar-refractivity contribution in [3.05, 3.63) is 71.0 Å². The highest BCUT2D eigenvalue weighted by Crippen LogP contribution is 2.35. The van der Waals surface area contributed by atoms with Crippen LogP contribution < -0.4 is 4.90 Å². The van der Waals surface area contributed by atoms with Crippen molar-refractivity contribution in [2.45, 2.75) is 55.8 Å². The fourth-order valence-electron chi connectivity index (χ4n) is 5.56. The van der Waals surface area contributed by atoms with E-state index in [4.69, 9.17) is 4.98 Å². The van der Waals surface area contributed by atoms with Crippen molar-refractivity contribution in [3.63, 3.8) is 0 Å². The summed E-state index contributed by atoms with van der Waals surface area (Å²) in [7, 11) is 0. The Morgan fingerprint density at radius 3 is 2.16 bits per heavy atom. The molecule has 0 aliphatic carbocycles. The largest absolute Gasteiger partial charge is 0.355 e. The molecule has 1 aromatic carbocycles. The van der Waals surface area contributed by atoms with E-state index in [9.17, 15) is 10.5 Å². The maximum atomic E-state index is 10.1. The van der Waals surface area contributed by atoms with Crippen molar-refractivity contribution in [2.24, 2.45) is 0 Å². The van der Waals surface area contributed by atoms with Crippen LogP contribution in [0.4, 0.5) is 5.82 Å². The highest BCUT2D eigenvalue weighted by Gasteiger charge is 2.29. The molecule has 0 bridgehead atoms. The standard InChI is InChI=1S/C30H32N6S/c1-2-26-27(19-31)29(36-17-11-25(12-18-36)35-15-3-4-16-35)34-30(28(26)20-32)37-21-22-5-7-23(8-6-22)24-9-13-33-14-10-24/h5-10,13-14,25H,2-4,11-12,15-18,21H2,1H3. The summed E-state index contributed by atoms with van der Waals surface area (Å²) in [5.74, 6) is 1.47. The van der Waals surface area contributed by atoms with E-state index in [1.165, 1.54) is 31.5 Å². The molecule has 2 aliphatic heterocycles. The Bertz CT molecular complexity index is 1300. The summed E-state index contributed by atoms with van der Waals surface area (Å²) in [5, 5.41) is 20.8. The molecule has 37 heavy (non-hydrogen) atoms. The summed E-state index contributed by atoms with van der Waals surface area (Å²) in [4.78, 5) is 14.0. The van der Waals surface area contributed by atoms with Gasteiger partial charge >= 0.3 is 0 Å². The summed E-state index contributed by atoms with van der Waals surface area (Å²) in [6.07, 6.45) is 9.06. The molecule has 2 aromatic heterocycles. The molecule has 2 fully saturated rings. The molecule has 0 radical (unpaired) electrons. The Kier molecular flexibility index (Phi) is 8.04. The van der Waals surface area contributed by atoms with Gasteiger partial charge in [0.15, 0.2) is 0 Å². The predicted molar refractivity (Wildman–Crippen MR) is 148 cm³/mol. The molecule has 0 saturated carbocycles. The summed E-state index contributed by atoms with van der Waals surface area (Å²) >= 11 is 1.59. The molecule has 7 heteroatoms. The molecule has 6 nitrogen and oxygen atoms in total. The first-order valence-corrected chi connectivity index (χ1v) is 14.2. The second-order valence-corrected chi connectivity index (χ2v) is 10.7. The van der Waals surface area contributed by atoms with Gasteiger partial charge in [-0.15, -0.1) is 11.8 Å². The topological polar surface area (TPSA) is 79.8 Å². The van der Waals surface area contributed by atoms with Crippen molar-refractivity contribution in [1.29, 1.82) is 10.5 Å². The fourth-order valence-corrected chi connectivity index (χ4v) is 6.52. The van der Waals surface area contributed by atoms with Crippen LogP contribution in [0.25, 0.3) is 11.1 Å². The van der Waals surface area contributed by atoms with E-state index in [-0.39, 0.29) is 0 Å². The van der Waals surface area contributed by atoms with Crippen LogP contribution in [-0.2, 0) is 12.2 Å². The third-order valence-electron chi connectivity index (χ3n) is 7.59. The quantitative estimate of drug-likeness (QED) is 0.373. The molecule has 0 spiro atoms. The number of nitriles is 2. The number of rotatable bonds is 7. The summed E-state index contributed by atoms with van der Waals surface area (Å²) in [6, 6.07) is 17.9. The molecule has 5 rings (SSSR count). The van der Waals surface area contributed by atoms with E-state index in [0.29, 0.717) is 29.3 Å². The van der Waals surface area contributed by atoms with Gasteiger partial charge in [0.05, 0.1) is 11.1 Å². The van der Waals surface area contributed by atoms with Gasteiger partial charge in [-0.1, -0.05) is 31.2 Å². The van der Waals surface area contributed by atoms with Crippen LogP contribution in [0.3, 0.4) is 0 Å². The molecule has 0 amide bonds. The minimum atomic E-state index is 0.549. The number of hydrogen-bond donors (Lipinski definition) is 0. The zero-order valence-corrected chi connectivity index (χ0v) is 22.2. The van der Waals surface area contributed by atoms with Crippen LogP contribution in [-0.4, -0.2) is 47.1 Å². The van der Waals surface area contributed by atoms with E-state index in [1.54, 1.807) is 24.2 Å². The minimum Gasteiger partial charge on any atom is -0.355 e. The van der Waals surface area contributed by atoms with Crippen molar-refractivity contribution in [3.8, 4) is 23.3 Å². The Morgan fingerprint density at radius 1 is 0.892 bits per heavy atom. The zero-order chi connectivity index (χ0) is 25.6. The molecule has 0 N–H and O–H groups in total. The molecule has 4 heterocycles. The van der Waals surface area contributed by atoms with Crippen molar-refractivity contribution < 1.29 is 0 Å². The molecular weight excluding hydrogens is 476 g/mol. The number of thioether (sulfide) groups is 1. The first-order valence-electron chi connectivity index (χ1n) is 13.2. The van der Waals surface area contributed by atoms with Gasteiger partial charge in [-0.3, -0.25) is 4.98 Å². The van der Waals surface area contributed by atoms with Crippen LogP contribution in [0.15, 0.2) is 53.8 Å². The number of piperidine rings is 1. The van der Waals surface area contributed by atoms with E-state index in [2.05, 4.69) is 51.2 Å². The lowest BCUT2D eigenvalue weighted by atomic mass is 9.99. The average Bonchev–Trinajstić information content (AvgIpc) is 3.51. The minimum absolute atomic E-state index is 0.549. The van der Waals surface area contributed by atoms with E-state index < -0.39 is 0 Å². The lowest BCUT2D eigenvalue weighted by molar-refractivity contribution is 0.207. The molecule has 0 atom stereocenters. The van der Waals surface area contributed by atoms with E-state index in [0.717, 1.165) is 53.5 Å². The molecule has 0 unspecified atom stereocenters. The normalized spacial score (nSPS) is 16.5. The first-order chi connectivity index (χ1) is 18.2. The van der Waals surface area contributed by atoms with Gasteiger partial charge in [-0.05, 0) is 79.6 Å². The van der Waals surface area contributed by atoms with Crippen LogP contribution in [0.2, 0.25) is 0 Å². The van der Waals surface area contributed by atoms with Crippen LogP contribution >= 0.6 is 11.8 Å². The van der Waals surface area contributed by atoms with Gasteiger partial charge in [0.1, 0.15) is 23.0 Å². The Morgan fingerprint density at radius 2 is 1.54 bits per heavy atom. The smallest absolute Gasteiger partial charge is 0.148 e. The third kappa shape index (κ3) is 5.49. The van der Waals surface area contributed by atoms with E-state index in [1.807, 2.05) is 19.1 Å². The molecular formula is C30H32N6S. The number of pyridine rings is 2. The van der Waals surface area contributed by atoms with Crippen molar-refractivity contribution in [2.75, 3.05) is 31.1 Å². The fraction of sp³-hybridized carbons (Fsp3) is 0.400. The van der Waals surface area contributed by atoms with Gasteiger partial charge in [-0.2, -0.15) is 10.5 Å². The molecule has 3 aromatic rings. The summed E-state index contributed by atoms with van der Waals surface area (Å²) in [5.41, 5.74) is 5.41. The molecule has 2 aliphatic rings. The highest BCUT2D eigenvalue weighted by atomic mass is 32.2. The SMILES string of the molecule is CCc1c(C#N)c(SCc2ccc(-c3ccncc3)cc2)nc(N2CCC(N3CCCC3)CC2)c1C#N. The second-order valence-electron chi connectivity index (χ2n) is 9.73. The maximum absolute atomic E-state index is 10.1. The number of nitrogens with zero attached hydrogens (tertiary/aromatic N) is 6. The number of hydrogen-bond acceptors (Lipinski definition) is 7. The van der Waals surface area contributed by atoms with Crippen LogP contribution in [0, 0.1) is 22.7 Å². The lowest BCUT2D eigenvalue weighted by Gasteiger charge is -2.37. The molecule has 188 valence electrons. The molecule has 2 saturated heterocycles. The summed E-state index contributed by atoms with van der Waals surface area (Å²) in [6.45, 7) is 6.25. The van der Waals surface area contributed by atoms with Crippen LogP contribution in [0.5, 0.6) is 0 Å². The van der Waals surface area contributed by atoms with Crippen molar-refractivity contribution in [1.82, 2.24) is 14.9 Å². The van der Waals surface area contributed by atoms with Crippen LogP contribution in [0.1, 0.15) is 54.9 Å². The van der Waals surface area contributed by atoms with Gasteiger partial charge in [0, 0.05) is 37.3 Å². The number of aromatic nitrogens is 2. The second kappa shape index (κ2) is 11.8. The monoisotopic (exact) mass is 508 g/mol. The first kappa shape index (κ1) is 25.3. The predicted octanol–water partition coefficient (Wildman–Crippen LogP) is 5.81. The average molecular weight is 509 g/mol. The lowest BCUT2D eigenvalue weighted by Crippen LogP contribution is -2.44. The van der Waals surface area contributed by atoms with E-state index >= 15 is 0 Å². The van der Waals surface area contributed by atoms with Gasteiger partial charge in [-0.25, -0.2) is 4.98 Å².